The third-order valence-electron chi connectivity index (χ3n) is 3.90. The van der Waals surface area contributed by atoms with E-state index in [0.29, 0.717) is 12.6 Å². The summed E-state index contributed by atoms with van der Waals surface area (Å²) in [6, 6.07) is 7.67. The minimum atomic E-state index is -3.43. The minimum Gasteiger partial charge on any atom is -0.443 e. The number of hydrogen-bond acceptors (Lipinski definition) is 4. The molecule has 1 aromatic rings. The number of amides is 1. The minimum absolute atomic E-state index is 0.0692. The molecule has 1 aromatic carbocycles. The molecule has 120 valence electrons. The predicted octanol–water partition coefficient (Wildman–Crippen LogP) is 1.40. The number of aryl methyl sites for hydroxylation is 1. The Hall–Kier alpha value is -1.60. The van der Waals surface area contributed by atoms with Crippen molar-refractivity contribution < 1.29 is 17.9 Å². The molecule has 3 rings (SSSR count). The van der Waals surface area contributed by atoms with Gasteiger partial charge in [0, 0.05) is 12.6 Å². The zero-order chi connectivity index (χ0) is 15.7. The molecule has 1 unspecified atom stereocenters. The van der Waals surface area contributed by atoms with Gasteiger partial charge in [-0.2, -0.15) is 0 Å². The van der Waals surface area contributed by atoms with Gasteiger partial charge in [-0.3, -0.25) is 0 Å². The van der Waals surface area contributed by atoms with Crippen LogP contribution >= 0.6 is 0 Å². The summed E-state index contributed by atoms with van der Waals surface area (Å²) in [6.07, 6.45) is 1.30. The summed E-state index contributed by atoms with van der Waals surface area (Å²) < 4.78 is 31.9. The monoisotopic (exact) mass is 324 g/mol. The average Bonchev–Trinajstić information content (AvgIpc) is 3.23. The van der Waals surface area contributed by atoms with Gasteiger partial charge in [-0.25, -0.2) is 17.9 Å². The van der Waals surface area contributed by atoms with Gasteiger partial charge in [0.2, 0.25) is 10.0 Å². The predicted molar refractivity (Wildman–Crippen MR) is 81.8 cm³/mol. The van der Waals surface area contributed by atoms with Crippen LogP contribution < -0.4 is 4.72 Å². The molecular formula is C15H20N2O4S. The molecule has 0 aromatic heterocycles. The van der Waals surface area contributed by atoms with Crippen molar-refractivity contribution in [3.05, 3.63) is 35.4 Å². The number of carbonyl (C=O) groups is 1. The van der Waals surface area contributed by atoms with E-state index < -0.39 is 16.1 Å². The van der Waals surface area contributed by atoms with Crippen molar-refractivity contribution in [2.45, 2.75) is 37.7 Å². The van der Waals surface area contributed by atoms with Gasteiger partial charge in [0.25, 0.3) is 0 Å². The Balaban J connectivity index is 1.52. The maximum atomic E-state index is 12.1. The van der Waals surface area contributed by atoms with Crippen LogP contribution in [0.25, 0.3) is 0 Å². The Labute approximate surface area is 130 Å². The van der Waals surface area contributed by atoms with Crippen molar-refractivity contribution in [1.82, 2.24) is 9.62 Å². The van der Waals surface area contributed by atoms with Crippen molar-refractivity contribution >= 4 is 16.1 Å². The fraction of sp³-hybridized carbons (Fsp3) is 0.533. The van der Waals surface area contributed by atoms with Gasteiger partial charge in [-0.15, -0.1) is 0 Å². The summed E-state index contributed by atoms with van der Waals surface area (Å²) in [5, 5.41) is 0. The van der Waals surface area contributed by atoms with Gasteiger partial charge >= 0.3 is 6.09 Å². The van der Waals surface area contributed by atoms with E-state index in [1.807, 2.05) is 19.1 Å². The lowest BCUT2D eigenvalue weighted by atomic mass is 10.2. The first-order valence-electron chi connectivity index (χ1n) is 7.43. The highest BCUT2D eigenvalue weighted by atomic mass is 32.2. The van der Waals surface area contributed by atoms with E-state index in [2.05, 4.69) is 4.72 Å². The third kappa shape index (κ3) is 3.78. The fourth-order valence-corrected chi connectivity index (χ4v) is 3.68. The van der Waals surface area contributed by atoms with Gasteiger partial charge in [0.05, 0.1) is 12.3 Å². The topological polar surface area (TPSA) is 75.7 Å². The summed E-state index contributed by atoms with van der Waals surface area (Å²) >= 11 is 0. The maximum Gasteiger partial charge on any atom is 0.410 e. The number of cyclic esters (lactones) is 1. The molecule has 2 aliphatic rings. The zero-order valence-corrected chi connectivity index (χ0v) is 13.3. The van der Waals surface area contributed by atoms with Crippen LogP contribution in [0.4, 0.5) is 4.79 Å². The van der Waals surface area contributed by atoms with Crippen LogP contribution in [-0.2, 0) is 20.5 Å². The molecule has 1 saturated heterocycles. The van der Waals surface area contributed by atoms with Gasteiger partial charge in [-0.05, 0) is 25.3 Å². The quantitative estimate of drug-likeness (QED) is 0.858. The van der Waals surface area contributed by atoms with E-state index >= 15 is 0 Å². The lowest BCUT2D eigenvalue weighted by Gasteiger charge is -2.12. The van der Waals surface area contributed by atoms with Crippen LogP contribution in [0.3, 0.4) is 0 Å². The summed E-state index contributed by atoms with van der Waals surface area (Å²) in [7, 11) is -3.43. The van der Waals surface area contributed by atoms with Crippen LogP contribution in [0.15, 0.2) is 24.3 Å². The fourth-order valence-electron chi connectivity index (χ4n) is 2.51. The van der Waals surface area contributed by atoms with Crippen LogP contribution in [0, 0.1) is 6.92 Å². The van der Waals surface area contributed by atoms with Crippen molar-refractivity contribution in [1.29, 1.82) is 0 Å². The molecule has 1 saturated carbocycles. The molecule has 7 heteroatoms. The van der Waals surface area contributed by atoms with E-state index in [9.17, 15) is 13.2 Å². The van der Waals surface area contributed by atoms with Gasteiger partial charge in [0.15, 0.2) is 0 Å². The normalized spacial score (nSPS) is 22.0. The first-order chi connectivity index (χ1) is 10.4. The summed E-state index contributed by atoms with van der Waals surface area (Å²) in [5.41, 5.74) is 1.83. The first-order valence-corrected chi connectivity index (χ1v) is 9.08. The summed E-state index contributed by atoms with van der Waals surface area (Å²) in [5.74, 6) is -0.0692. The molecule has 1 aliphatic carbocycles. The van der Waals surface area contributed by atoms with E-state index in [0.717, 1.165) is 24.0 Å². The average molecular weight is 324 g/mol. The molecule has 1 amide bonds. The smallest absolute Gasteiger partial charge is 0.410 e. The number of hydrogen-bond donors (Lipinski definition) is 1. The van der Waals surface area contributed by atoms with Crippen LogP contribution in [0.5, 0.6) is 0 Å². The van der Waals surface area contributed by atoms with E-state index in [-0.39, 0.29) is 18.4 Å². The van der Waals surface area contributed by atoms with Crippen molar-refractivity contribution in [2.24, 2.45) is 0 Å². The third-order valence-corrected chi connectivity index (χ3v) is 5.22. The zero-order valence-electron chi connectivity index (χ0n) is 12.5. The largest absolute Gasteiger partial charge is 0.443 e. The van der Waals surface area contributed by atoms with Gasteiger partial charge in [0.1, 0.15) is 6.10 Å². The molecule has 0 bridgehead atoms. The highest BCUT2D eigenvalue weighted by molar-refractivity contribution is 7.88. The van der Waals surface area contributed by atoms with Crippen molar-refractivity contribution in [3.8, 4) is 0 Å². The molecule has 1 N–H and O–H groups in total. The SMILES string of the molecule is Cc1ccc(CS(=O)(=O)NCC2CN(C3CC3)C(=O)O2)cc1. The molecule has 0 radical (unpaired) electrons. The Bertz CT molecular complexity index is 653. The molecular weight excluding hydrogens is 304 g/mol. The summed E-state index contributed by atoms with van der Waals surface area (Å²) in [4.78, 5) is 13.3. The van der Waals surface area contributed by atoms with E-state index in [1.54, 1.807) is 17.0 Å². The second kappa shape index (κ2) is 5.89. The number of sulfonamides is 1. The lowest BCUT2D eigenvalue weighted by molar-refractivity contribution is 0.133. The molecule has 1 atom stereocenters. The number of nitrogens with one attached hydrogen (secondary N) is 1. The Morgan fingerprint density at radius 2 is 1.95 bits per heavy atom. The Kier molecular flexibility index (Phi) is 4.10. The standard InChI is InChI=1S/C15H20N2O4S/c1-11-2-4-12(5-3-11)10-22(19,20)16-8-14-9-17(13-6-7-13)15(18)21-14/h2-5,13-14,16H,6-10H2,1H3. The van der Waals surface area contributed by atoms with E-state index in [4.69, 9.17) is 4.74 Å². The Morgan fingerprint density at radius 1 is 1.27 bits per heavy atom. The van der Waals surface area contributed by atoms with Crippen molar-refractivity contribution in [2.75, 3.05) is 13.1 Å². The Morgan fingerprint density at radius 3 is 2.59 bits per heavy atom. The molecule has 0 spiro atoms. The number of nitrogens with zero attached hydrogens (tertiary/aromatic N) is 1. The van der Waals surface area contributed by atoms with Crippen LogP contribution in [0.2, 0.25) is 0 Å². The van der Waals surface area contributed by atoms with Gasteiger partial charge in [-0.1, -0.05) is 29.8 Å². The van der Waals surface area contributed by atoms with E-state index in [1.165, 1.54) is 0 Å². The number of benzene rings is 1. The van der Waals surface area contributed by atoms with Crippen LogP contribution in [-0.4, -0.2) is 44.6 Å². The van der Waals surface area contributed by atoms with Crippen LogP contribution in [0.1, 0.15) is 24.0 Å². The molecule has 22 heavy (non-hydrogen) atoms. The van der Waals surface area contributed by atoms with Gasteiger partial charge < -0.3 is 9.64 Å². The number of carbonyl (C=O) groups excluding carboxylic acids is 1. The second-order valence-electron chi connectivity index (χ2n) is 5.98. The second-order valence-corrected chi connectivity index (χ2v) is 7.79. The molecule has 6 nitrogen and oxygen atoms in total. The molecule has 1 aliphatic heterocycles. The highest BCUT2D eigenvalue weighted by Gasteiger charge is 2.41. The maximum absolute atomic E-state index is 12.1. The lowest BCUT2D eigenvalue weighted by Crippen LogP contribution is -2.35. The molecule has 1 heterocycles. The number of ether oxygens (including phenoxy) is 1. The first kappa shape index (κ1) is 15.3. The summed E-state index contributed by atoms with van der Waals surface area (Å²) in [6.45, 7) is 2.55. The number of rotatable bonds is 6. The molecule has 2 fully saturated rings. The van der Waals surface area contributed by atoms with Crippen molar-refractivity contribution in [3.63, 3.8) is 0 Å². The highest BCUT2D eigenvalue weighted by Crippen LogP contribution is 2.30.